The van der Waals surface area contributed by atoms with E-state index in [2.05, 4.69) is 27.4 Å². The molecule has 12 heteroatoms. The molecule has 0 amide bonds. The molecular formula is C28H34ClN5O5S. The molecule has 1 unspecified atom stereocenters. The number of ether oxygens (including phenoxy) is 3. The average Bonchev–Trinajstić information content (AvgIpc) is 3.56. The molecule has 1 aliphatic carbocycles. The van der Waals surface area contributed by atoms with Crippen LogP contribution in [0.1, 0.15) is 29.9 Å². The number of hydrogen-bond donors (Lipinski definition) is 1. The highest BCUT2D eigenvalue weighted by Crippen LogP contribution is 2.45. The quantitative estimate of drug-likeness (QED) is 0.282. The maximum Gasteiger partial charge on any atom is 0.331 e. The second-order valence-electron chi connectivity index (χ2n) is 10.1. The lowest BCUT2D eigenvalue weighted by Gasteiger charge is -2.32. The maximum atomic E-state index is 13.8. The van der Waals surface area contributed by atoms with Gasteiger partial charge in [0.1, 0.15) is 20.8 Å². The third-order valence-corrected chi connectivity index (χ3v) is 9.19. The Morgan fingerprint density at radius 2 is 1.93 bits per heavy atom. The number of aromatic nitrogens is 4. The number of fused-ring (bicyclic) bond motifs is 6. The topological polar surface area (TPSA) is 110 Å². The fourth-order valence-corrected chi connectivity index (χ4v) is 7.39. The normalized spacial score (nSPS) is 19.9. The SMILES string of the molecule is COCCOCCn1c(=O)n(CCC2NC[C@@H]3CCc4c(OC)cccc4[C@H]23)c(=O)c2sc3nccnc3c21.Cl. The van der Waals surface area contributed by atoms with Crippen LogP contribution < -0.4 is 21.3 Å². The molecule has 214 valence electrons. The Labute approximate surface area is 241 Å². The molecule has 3 atom stereocenters. The van der Waals surface area contributed by atoms with Crippen molar-refractivity contribution in [2.45, 2.75) is 44.3 Å². The van der Waals surface area contributed by atoms with Crippen molar-refractivity contribution < 1.29 is 14.2 Å². The average molecular weight is 588 g/mol. The van der Waals surface area contributed by atoms with Crippen LogP contribution in [0, 0.1) is 5.92 Å². The number of hydrogen-bond acceptors (Lipinski definition) is 9. The highest BCUT2D eigenvalue weighted by atomic mass is 35.5. The van der Waals surface area contributed by atoms with Crippen LogP contribution in [0.2, 0.25) is 0 Å². The van der Waals surface area contributed by atoms with Gasteiger partial charge < -0.3 is 19.5 Å². The van der Waals surface area contributed by atoms with Crippen molar-refractivity contribution >= 4 is 44.3 Å². The van der Waals surface area contributed by atoms with Gasteiger partial charge in [0.25, 0.3) is 5.56 Å². The van der Waals surface area contributed by atoms with Crippen molar-refractivity contribution in [3.8, 4) is 5.75 Å². The van der Waals surface area contributed by atoms with Gasteiger partial charge in [0.2, 0.25) is 0 Å². The van der Waals surface area contributed by atoms with Crippen LogP contribution in [0.15, 0.2) is 40.2 Å². The molecule has 1 aliphatic heterocycles. The number of methoxy groups -OCH3 is 2. The van der Waals surface area contributed by atoms with Crippen LogP contribution in [0.25, 0.3) is 20.6 Å². The largest absolute Gasteiger partial charge is 0.496 e. The first-order valence-electron chi connectivity index (χ1n) is 13.4. The van der Waals surface area contributed by atoms with E-state index in [4.69, 9.17) is 14.2 Å². The lowest BCUT2D eigenvalue weighted by molar-refractivity contribution is 0.0664. The van der Waals surface area contributed by atoms with Gasteiger partial charge in [-0.15, -0.1) is 23.7 Å². The van der Waals surface area contributed by atoms with Crippen LogP contribution in [0.4, 0.5) is 0 Å². The van der Waals surface area contributed by atoms with Gasteiger partial charge in [-0.3, -0.25) is 13.9 Å². The Kier molecular flexibility index (Phi) is 8.86. The van der Waals surface area contributed by atoms with Crippen LogP contribution in [0.3, 0.4) is 0 Å². The first-order chi connectivity index (χ1) is 19.1. The lowest BCUT2D eigenvalue weighted by Crippen LogP contribution is -2.42. The number of nitrogens with zero attached hydrogens (tertiary/aromatic N) is 4. The minimum atomic E-state index is -0.339. The fraction of sp³-hybridized carbons (Fsp3) is 0.500. The maximum absolute atomic E-state index is 13.8. The second-order valence-corrected chi connectivity index (χ2v) is 11.1. The number of rotatable bonds is 10. The summed E-state index contributed by atoms with van der Waals surface area (Å²) in [5, 5.41) is 3.70. The molecule has 1 N–H and O–H groups in total. The monoisotopic (exact) mass is 587 g/mol. The zero-order valence-electron chi connectivity index (χ0n) is 22.6. The Morgan fingerprint density at radius 3 is 2.75 bits per heavy atom. The molecule has 4 aromatic rings. The van der Waals surface area contributed by atoms with Crippen molar-refractivity contribution in [1.82, 2.24) is 24.4 Å². The lowest BCUT2D eigenvalue weighted by atomic mass is 9.73. The van der Waals surface area contributed by atoms with Crippen molar-refractivity contribution in [1.29, 1.82) is 0 Å². The minimum Gasteiger partial charge on any atom is -0.496 e. The van der Waals surface area contributed by atoms with E-state index < -0.39 is 0 Å². The van der Waals surface area contributed by atoms with E-state index in [0.717, 1.165) is 25.1 Å². The van der Waals surface area contributed by atoms with Crippen LogP contribution in [-0.2, 0) is 29.0 Å². The van der Waals surface area contributed by atoms with Gasteiger partial charge in [0.05, 0.1) is 39.0 Å². The molecule has 1 aromatic carbocycles. The zero-order valence-corrected chi connectivity index (χ0v) is 24.3. The summed E-state index contributed by atoms with van der Waals surface area (Å²) < 4.78 is 19.9. The predicted molar refractivity (Wildman–Crippen MR) is 157 cm³/mol. The van der Waals surface area contributed by atoms with Gasteiger partial charge in [-0.05, 0) is 48.9 Å². The number of benzene rings is 1. The Bertz CT molecular complexity index is 1620. The molecule has 40 heavy (non-hydrogen) atoms. The molecule has 1 fully saturated rings. The van der Waals surface area contributed by atoms with Crippen LogP contribution in [-0.4, -0.2) is 65.7 Å². The number of nitrogens with one attached hydrogen (secondary N) is 1. The Hall–Kier alpha value is -2.83. The van der Waals surface area contributed by atoms with E-state index in [1.54, 1.807) is 31.2 Å². The molecule has 3 aromatic heterocycles. The summed E-state index contributed by atoms with van der Waals surface area (Å²) in [6.07, 6.45) is 5.97. The second kappa shape index (κ2) is 12.4. The summed E-state index contributed by atoms with van der Waals surface area (Å²) >= 11 is 1.29. The van der Waals surface area contributed by atoms with E-state index in [0.29, 0.717) is 71.7 Å². The molecule has 0 spiro atoms. The molecular weight excluding hydrogens is 554 g/mol. The van der Waals surface area contributed by atoms with Gasteiger partial charge in [-0.25, -0.2) is 14.8 Å². The van der Waals surface area contributed by atoms with E-state index in [1.807, 2.05) is 6.07 Å². The standard InChI is InChI=1S/C28H33N5O5S.ClH/c1-36-14-15-38-13-12-32-24-23-26(30-10-9-29-23)39-25(24)27(34)33(28(32)35)11-8-20-22-17(16-31-20)6-7-18-19(22)4-3-5-21(18)37-2;/h3-5,9-10,17,20,22,31H,6-8,11-16H2,1-2H3;1H/t17-,20?,22+;/m0./s1. The van der Waals surface area contributed by atoms with E-state index >= 15 is 0 Å². The highest BCUT2D eigenvalue weighted by Gasteiger charge is 2.40. The zero-order chi connectivity index (χ0) is 26.9. The molecule has 10 nitrogen and oxygen atoms in total. The van der Waals surface area contributed by atoms with Crippen molar-refractivity contribution in [3.05, 3.63) is 62.6 Å². The Balaban J connectivity index is 0.00000323. The summed E-state index contributed by atoms with van der Waals surface area (Å²) in [5.74, 6) is 1.81. The molecule has 1 saturated heterocycles. The van der Waals surface area contributed by atoms with Gasteiger partial charge in [0.15, 0.2) is 0 Å². The molecule has 4 heterocycles. The van der Waals surface area contributed by atoms with Crippen molar-refractivity contribution in [3.63, 3.8) is 0 Å². The third kappa shape index (κ3) is 5.05. The van der Waals surface area contributed by atoms with Gasteiger partial charge in [0, 0.05) is 38.0 Å². The summed E-state index contributed by atoms with van der Waals surface area (Å²) in [6.45, 7) is 2.80. The molecule has 0 saturated carbocycles. The predicted octanol–water partition coefficient (Wildman–Crippen LogP) is 2.97. The summed E-state index contributed by atoms with van der Waals surface area (Å²) in [7, 11) is 3.34. The van der Waals surface area contributed by atoms with Gasteiger partial charge in [-0.2, -0.15) is 0 Å². The van der Waals surface area contributed by atoms with Crippen LogP contribution in [0.5, 0.6) is 5.75 Å². The molecule has 0 bridgehead atoms. The molecule has 2 aliphatic rings. The van der Waals surface area contributed by atoms with Crippen molar-refractivity contribution in [2.75, 3.05) is 40.6 Å². The summed E-state index contributed by atoms with van der Waals surface area (Å²) in [6, 6.07) is 6.46. The minimum absolute atomic E-state index is 0. The van der Waals surface area contributed by atoms with Gasteiger partial charge in [-0.1, -0.05) is 12.1 Å². The fourth-order valence-electron chi connectivity index (χ4n) is 6.34. The molecule has 0 radical (unpaired) electrons. The highest BCUT2D eigenvalue weighted by molar-refractivity contribution is 7.25. The summed E-state index contributed by atoms with van der Waals surface area (Å²) in [4.78, 5) is 37.0. The van der Waals surface area contributed by atoms with Crippen molar-refractivity contribution in [2.24, 2.45) is 5.92 Å². The third-order valence-electron chi connectivity index (χ3n) is 8.13. The number of thiophene rings is 1. The Morgan fingerprint density at radius 1 is 1.07 bits per heavy atom. The summed E-state index contributed by atoms with van der Waals surface area (Å²) in [5.41, 5.74) is 3.11. The van der Waals surface area contributed by atoms with E-state index in [1.165, 1.54) is 27.0 Å². The smallest absolute Gasteiger partial charge is 0.331 e. The van der Waals surface area contributed by atoms with Gasteiger partial charge >= 0.3 is 5.69 Å². The van der Waals surface area contributed by atoms with Crippen LogP contribution >= 0.6 is 23.7 Å². The van der Waals surface area contributed by atoms with E-state index in [9.17, 15) is 9.59 Å². The first kappa shape index (κ1) is 28.7. The first-order valence-corrected chi connectivity index (χ1v) is 14.3. The number of halogens is 1. The van der Waals surface area contributed by atoms with E-state index in [-0.39, 0.29) is 29.7 Å². The molecule has 6 rings (SSSR count).